The predicted molar refractivity (Wildman–Crippen MR) is 75.8 cm³/mol. The highest BCUT2D eigenvalue weighted by atomic mass is 79.9. The van der Waals surface area contributed by atoms with Crippen molar-refractivity contribution in [2.75, 3.05) is 18.5 Å². The van der Waals surface area contributed by atoms with Gasteiger partial charge in [0.05, 0.1) is 5.69 Å². The molecule has 1 aromatic rings. The molecule has 2 rings (SSSR count). The second-order valence-electron chi connectivity index (χ2n) is 5.18. The zero-order chi connectivity index (χ0) is 12.4. The van der Waals surface area contributed by atoms with Crippen LogP contribution < -0.4 is 4.90 Å². The Morgan fingerprint density at radius 2 is 2.06 bits per heavy atom. The average Bonchev–Trinajstić information content (AvgIpc) is 2.85. The Morgan fingerprint density at radius 1 is 1.41 bits per heavy atom. The summed E-state index contributed by atoms with van der Waals surface area (Å²) in [5, 5.41) is 5.41. The zero-order valence-electron chi connectivity index (χ0n) is 11.0. The first-order valence-electron chi connectivity index (χ1n) is 6.43. The Kier molecular flexibility index (Phi) is 4.13. The highest BCUT2D eigenvalue weighted by molar-refractivity contribution is 9.08. The first-order valence-corrected chi connectivity index (χ1v) is 7.55. The van der Waals surface area contributed by atoms with Gasteiger partial charge in [-0.25, -0.2) is 0 Å². The van der Waals surface area contributed by atoms with Crippen LogP contribution in [0.1, 0.15) is 36.9 Å². The van der Waals surface area contributed by atoms with Gasteiger partial charge in [-0.05, 0) is 25.7 Å². The van der Waals surface area contributed by atoms with Crippen molar-refractivity contribution in [2.24, 2.45) is 13.0 Å². The van der Waals surface area contributed by atoms with E-state index in [1.165, 1.54) is 43.6 Å². The Labute approximate surface area is 112 Å². The summed E-state index contributed by atoms with van der Waals surface area (Å²) >= 11 is 3.57. The number of rotatable bonds is 4. The molecule has 0 N–H and O–H groups in total. The summed E-state index contributed by atoms with van der Waals surface area (Å²) in [6, 6.07) is 0. The van der Waals surface area contributed by atoms with Crippen molar-refractivity contribution >= 4 is 21.7 Å². The van der Waals surface area contributed by atoms with Crippen molar-refractivity contribution in [2.45, 2.75) is 37.9 Å². The fourth-order valence-electron chi connectivity index (χ4n) is 2.99. The maximum Gasteiger partial charge on any atom is 0.130 e. The van der Waals surface area contributed by atoms with E-state index in [1.54, 1.807) is 0 Å². The Balaban J connectivity index is 2.14. The topological polar surface area (TPSA) is 21.1 Å². The number of anilines is 1. The lowest BCUT2D eigenvalue weighted by Gasteiger charge is -2.24. The van der Waals surface area contributed by atoms with Gasteiger partial charge in [0.1, 0.15) is 5.82 Å². The van der Waals surface area contributed by atoms with Crippen LogP contribution in [-0.2, 0) is 12.4 Å². The van der Waals surface area contributed by atoms with Crippen molar-refractivity contribution in [3.63, 3.8) is 0 Å². The Hall–Kier alpha value is -0.510. The van der Waals surface area contributed by atoms with Crippen LogP contribution in [0.25, 0.3) is 0 Å². The maximum atomic E-state index is 4.52. The van der Waals surface area contributed by atoms with Crippen molar-refractivity contribution in [3.8, 4) is 0 Å². The molecule has 96 valence electrons. The predicted octanol–water partition coefficient (Wildman–Crippen LogP) is 3.25. The van der Waals surface area contributed by atoms with E-state index in [-0.39, 0.29) is 0 Å². The third-order valence-corrected chi connectivity index (χ3v) is 4.38. The second-order valence-corrected chi connectivity index (χ2v) is 5.74. The van der Waals surface area contributed by atoms with Gasteiger partial charge in [0.2, 0.25) is 0 Å². The molecule has 0 aliphatic heterocycles. The minimum absolute atomic E-state index is 0.874. The highest BCUT2D eigenvalue weighted by Gasteiger charge is 2.21. The van der Waals surface area contributed by atoms with Gasteiger partial charge in [0, 0.05) is 31.5 Å². The molecule has 1 heterocycles. The number of aromatic nitrogens is 2. The smallest absolute Gasteiger partial charge is 0.130 e. The molecule has 0 spiro atoms. The molecule has 0 aromatic carbocycles. The molecular weight excluding hydrogens is 278 g/mol. The number of alkyl halides is 1. The summed E-state index contributed by atoms with van der Waals surface area (Å²) in [4.78, 5) is 2.38. The third-order valence-electron chi connectivity index (χ3n) is 3.82. The number of hydrogen-bond donors (Lipinski definition) is 0. The molecule has 17 heavy (non-hydrogen) atoms. The quantitative estimate of drug-likeness (QED) is 0.796. The molecule has 0 atom stereocenters. The summed E-state index contributed by atoms with van der Waals surface area (Å²) < 4.78 is 2.01. The summed E-state index contributed by atoms with van der Waals surface area (Å²) in [6.07, 6.45) is 5.61. The van der Waals surface area contributed by atoms with Crippen LogP contribution >= 0.6 is 15.9 Å². The van der Waals surface area contributed by atoms with Crippen molar-refractivity contribution in [1.29, 1.82) is 0 Å². The monoisotopic (exact) mass is 299 g/mol. The molecule has 1 aromatic heterocycles. The molecule has 0 radical (unpaired) electrons. The molecule has 0 amide bonds. The molecule has 1 aliphatic rings. The molecule has 0 saturated heterocycles. The first-order chi connectivity index (χ1) is 8.13. The van der Waals surface area contributed by atoms with Crippen LogP contribution in [-0.4, -0.2) is 23.4 Å². The van der Waals surface area contributed by atoms with Crippen molar-refractivity contribution < 1.29 is 0 Å². The highest BCUT2D eigenvalue weighted by Crippen LogP contribution is 2.29. The van der Waals surface area contributed by atoms with Gasteiger partial charge in [-0.3, -0.25) is 4.68 Å². The largest absolute Gasteiger partial charge is 0.359 e. The summed E-state index contributed by atoms with van der Waals surface area (Å²) in [6.45, 7) is 3.25. The number of halogens is 1. The van der Waals surface area contributed by atoms with Crippen LogP contribution in [0.5, 0.6) is 0 Å². The van der Waals surface area contributed by atoms with Crippen LogP contribution in [0.15, 0.2) is 0 Å². The SMILES string of the molecule is Cc1nn(C)c(N(C)CC2CCCC2)c1CBr. The van der Waals surface area contributed by atoms with Crippen LogP contribution in [0.4, 0.5) is 5.82 Å². The molecule has 0 bridgehead atoms. The van der Waals surface area contributed by atoms with E-state index in [9.17, 15) is 0 Å². The van der Waals surface area contributed by atoms with Gasteiger partial charge in [-0.2, -0.15) is 5.10 Å². The van der Waals surface area contributed by atoms with Gasteiger partial charge >= 0.3 is 0 Å². The summed E-state index contributed by atoms with van der Waals surface area (Å²) in [7, 11) is 4.24. The van der Waals surface area contributed by atoms with E-state index in [0.29, 0.717) is 0 Å². The Bertz CT molecular complexity index is 380. The van der Waals surface area contributed by atoms with Crippen LogP contribution in [0.2, 0.25) is 0 Å². The van der Waals surface area contributed by atoms with Crippen molar-refractivity contribution in [3.05, 3.63) is 11.3 Å². The summed E-state index contributed by atoms with van der Waals surface area (Å²) in [5.41, 5.74) is 2.46. The normalized spacial score (nSPS) is 16.7. The second kappa shape index (κ2) is 5.42. The van der Waals surface area contributed by atoms with Gasteiger partial charge in [-0.1, -0.05) is 28.8 Å². The maximum absolute atomic E-state index is 4.52. The number of hydrogen-bond acceptors (Lipinski definition) is 2. The Morgan fingerprint density at radius 3 is 2.65 bits per heavy atom. The van der Waals surface area contributed by atoms with Gasteiger partial charge in [-0.15, -0.1) is 0 Å². The first kappa shape index (κ1) is 12.9. The van der Waals surface area contributed by atoms with Gasteiger partial charge in [0.15, 0.2) is 0 Å². The molecular formula is C13H22BrN3. The molecule has 1 fully saturated rings. The van der Waals surface area contributed by atoms with E-state index < -0.39 is 0 Å². The lowest BCUT2D eigenvalue weighted by Crippen LogP contribution is -2.26. The van der Waals surface area contributed by atoms with Gasteiger partial charge < -0.3 is 4.90 Å². The number of nitrogens with zero attached hydrogens (tertiary/aromatic N) is 3. The molecule has 0 unspecified atom stereocenters. The van der Waals surface area contributed by atoms with Gasteiger partial charge in [0.25, 0.3) is 0 Å². The van der Waals surface area contributed by atoms with E-state index in [2.05, 4.69) is 39.9 Å². The van der Waals surface area contributed by atoms with E-state index in [1.807, 2.05) is 11.7 Å². The fourth-order valence-corrected chi connectivity index (χ4v) is 3.65. The molecule has 1 saturated carbocycles. The van der Waals surface area contributed by atoms with E-state index >= 15 is 0 Å². The number of aryl methyl sites for hydroxylation is 2. The lowest BCUT2D eigenvalue weighted by molar-refractivity contribution is 0.539. The minimum Gasteiger partial charge on any atom is -0.359 e. The van der Waals surface area contributed by atoms with Crippen LogP contribution in [0, 0.1) is 12.8 Å². The zero-order valence-corrected chi connectivity index (χ0v) is 12.6. The van der Waals surface area contributed by atoms with Crippen LogP contribution in [0.3, 0.4) is 0 Å². The van der Waals surface area contributed by atoms with E-state index in [0.717, 1.165) is 16.9 Å². The summed E-state index contributed by atoms with van der Waals surface area (Å²) in [5.74, 6) is 2.14. The molecule has 1 aliphatic carbocycles. The standard InChI is InChI=1S/C13H22BrN3/c1-10-12(8-14)13(17(3)15-10)16(2)9-11-6-4-5-7-11/h11H,4-9H2,1-3H3. The van der Waals surface area contributed by atoms with E-state index in [4.69, 9.17) is 0 Å². The third kappa shape index (κ3) is 2.67. The fraction of sp³-hybridized carbons (Fsp3) is 0.769. The minimum atomic E-state index is 0.874. The average molecular weight is 300 g/mol. The molecule has 3 nitrogen and oxygen atoms in total. The lowest BCUT2D eigenvalue weighted by atomic mass is 10.1. The molecule has 4 heteroatoms. The van der Waals surface area contributed by atoms with Crippen molar-refractivity contribution in [1.82, 2.24) is 9.78 Å².